The number of ether oxygens (including phenoxy) is 2. The molecule has 11 heteroatoms. The van der Waals surface area contributed by atoms with E-state index in [-0.39, 0.29) is 50.5 Å². The molecule has 1 unspecified atom stereocenters. The Balaban J connectivity index is 1.58. The van der Waals surface area contributed by atoms with Gasteiger partial charge >= 0.3 is 0 Å². The van der Waals surface area contributed by atoms with Crippen LogP contribution in [0.2, 0.25) is 5.02 Å². The van der Waals surface area contributed by atoms with Crippen LogP contribution in [0, 0.1) is 5.92 Å². The maximum atomic E-state index is 14.0. The maximum absolute atomic E-state index is 14.0. The van der Waals surface area contributed by atoms with Crippen molar-refractivity contribution in [2.24, 2.45) is 5.92 Å². The van der Waals surface area contributed by atoms with E-state index in [2.05, 4.69) is 5.32 Å². The largest absolute Gasteiger partial charge is 0.454 e. The Hall–Kier alpha value is -3.76. The lowest BCUT2D eigenvalue weighted by Crippen LogP contribution is -2.51. The van der Waals surface area contributed by atoms with Crippen molar-refractivity contribution in [3.8, 4) is 11.5 Å². The summed E-state index contributed by atoms with van der Waals surface area (Å²) >= 11 is 6.49. The summed E-state index contributed by atoms with van der Waals surface area (Å²) < 4.78 is 37.5. The maximum Gasteiger partial charge on any atom is 0.243 e. The van der Waals surface area contributed by atoms with Crippen LogP contribution in [0.3, 0.4) is 0 Å². The third-order valence-electron chi connectivity index (χ3n) is 7.05. The summed E-state index contributed by atoms with van der Waals surface area (Å²) in [4.78, 5) is 29.1. The smallest absolute Gasteiger partial charge is 0.243 e. The highest BCUT2D eigenvalue weighted by atomic mass is 35.5. The van der Waals surface area contributed by atoms with E-state index >= 15 is 0 Å². The number of benzene rings is 3. The number of sulfonamides is 1. The van der Waals surface area contributed by atoms with Gasteiger partial charge in [-0.3, -0.25) is 13.9 Å². The molecule has 1 N–H and O–H groups in total. The molecule has 9 nitrogen and oxygen atoms in total. The van der Waals surface area contributed by atoms with Gasteiger partial charge in [0.15, 0.2) is 11.5 Å². The van der Waals surface area contributed by atoms with Gasteiger partial charge in [-0.2, -0.15) is 0 Å². The molecule has 0 bridgehead atoms. The van der Waals surface area contributed by atoms with Crippen molar-refractivity contribution in [1.82, 2.24) is 10.2 Å². The SMILES string of the molecule is CC(C)CNC(=O)C(Cc1ccccc1)N(Cc1ccccc1Cl)C(=O)CCCN(c1ccc2c(c1)OCO2)S(C)(=O)=O. The Morgan fingerprint density at radius 2 is 1.67 bits per heavy atom. The minimum absolute atomic E-state index is 0.0176. The first-order chi connectivity index (χ1) is 20.5. The number of fused-ring (bicyclic) bond motifs is 1. The molecule has 1 atom stereocenters. The minimum Gasteiger partial charge on any atom is -0.454 e. The van der Waals surface area contributed by atoms with Crippen molar-refractivity contribution in [2.75, 3.05) is 30.4 Å². The summed E-state index contributed by atoms with van der Waals surface area (Å²) in [5.41, 5.74) is 2.04. The number of anilines is 1. The van der Waals surface area contributed by atoms with Crippen LogP contribution in [-0.2, 0) is 32.6 Å². The fourth-order valence-electron chi connectivity index (χ4n) is 4.83. The Morgan fingerprint density at radius 1 is 0.977 bits per heavy atom. The van der Waals surface area contributed by atoms with Gasteiger partial charge in [-0.1, -0.05) is 74.0 Å². The molecule has 0 aromatic heterocycles. The Labute approximate surface area is 258 Å². The van der Waals surface area contributed by atoms with Crippen LogP contribution >= 0.6 is 11.6 Å². The first-order valence-electron chi connectivity index (χ1n) is 14.2. The van der Waals surface area contributed by atoms with Crippen molar-refractivity contribution < 1.29 is 27.5 Å². The Bertz CT molecular complexity index is 1520. The van der Waals surface area contributed by atoms with Gasteiger partial charge in [0.1, 0.15) is 6.04 Å². The van der Waals surface area contributed by atoms with Gasteiger partial charge in [-0.15, -0.1) is 0 Å². The van der Waals surface area contributed by atoms with E-state index < -0.39 is 16.1 Å². The van der Waals surface area contributed by atoms with Crippen molar-refractivity contribution >= 4 is 39.1 Å². The fourth-order valence-corrected chi connectivity index (χ4v) is 5.98. The first kappa shape index (κ1) is 32.2. The molecule has 3 aromatic rings. The van der Waals surface area contributed by atoms with Gasteiger partial charge < -0.3 is 19.7 Å². The molecule has 1 heterocycles. The third kappa shape index (κ3) is 8.87. The molecule has 2 amide bonds. The van der Waals surface area contributed by atoms with Crippen LogP contribution in [0.1, 0.15) is 37.8 Å². The number of halogens is 1. The highest BCUT2D eigenvalue weighted by Crippen LogP contribution is 2.36. The van der Waals surface area contributed by atoms with Gasteiger partial charge in [0, 0.05) is 43.6 Å². The van der Waals surface area contributed by atoms with Gasteiger partial charge in [-0.25, -0.2) is 8.42 Å². The number of hydrogen-bond donors (Lipinski definition) is 1. The summed E-state index contributed by atoms with van der Waals surface area (Å²) in [6, 6.07) is 20.9. The van der Waals surface area contributed by atoms with Crippen molar-refractivity contribution in [3.05, 3.63) is 88.9 Å². The number of amides is 2. The van der Waals surface area contributed by atoms with Crippen LogP contribution < -0.4 is 19.1 Å². The van der Waals surface area contributed by atoms with E-state index in [1.807, 2.05) is 62.4 Å². The van der Waals surface area contributed by atoms with Gasteiger partial charge in [0.2, 0.25) is 28.6 Å². The molecule has 230 valence electrons. The van der Waals surface area contributed by atoms with Crippen LogP contribution in [0.4, 0.5) is 5.69 Å². The molecule has 1 aliphatic rings. The normalized spacial score (nSPS) is 13.0. The first-order valence-corrected chi connectivity index (χ1v) is 16.5. The minimum atomic E-state index is -3.66. The average molecular weight is 628 g/mol. The monoisotopic (exact) mass is 627 g/mol. The zero-order valence-electron chi connectivity index (χ0n) is 24.7. The quantitative estimate of drug-likeness (QED) is 0.269. The van der Waals surface area contributed by atoms with E-state index in [4.69, 9.17) is 21.1 Å². The lowest BCUT2D eigenvalue weighted by atomic mass is 10.0. The van der Waals surface area contributed by atoms with Crippen molar-refractivity contribution in [3.63, 3.8) is 0 Å². The number of hydrogen-bond acceptors (Lipinski definition) is 6. The van der Waals surface area contributed by atoms with Gasteiger partial charge in [0.25, 0.3) is 0 Å². The molecule has 43 heavy (non-hydrogen) atoms. The molecule has 0 saturated carbocycles. The van der Waals surface area contributed by atoms with Gasteiger partial charge in [-0.05, 0) is 41.7 Å². The van der Waals surface area contributed by atoms with Crippen LogP contribution in [0.5, 0.6) is 11.5 Å². The average Bonchev–Trinajstić information content (AvgIpc) is 3.44. The van der Waals surface area contributed by atoms with Crippen molar-refractivity contribution in [1.29, 1.82) is 0 Å². The highest BCUT2D eigenvalue weighted by molar-refractivity contribution is 7.92. The number of nitrogens with zero attached hydrogens (tertiary/aromatic N) is 2. The lowest BCUT2D eigenvalue weighted by Gasteiger charge is -2.32. The Morgan fingerprint density at radius 3 is 2.37 bits per heavy atom. The molecule has 0 spiro atoms. The third-order valence-corrected chi connectivity index (χ3v) is 8.61. The second-order valence-electron chi connectivity index (χ2n) is 10.9. The zero-order valence-corrected chi connectivity index (χ0v) is 26.2. The van der Waals surface area contributed by atoms with Gasteiger partial charge in [0.05, 0.1) is 11.9 Å². The van der Waals surface area contributed by atoms with E-state index in [0.717, 1.165) is 11.8 Å². The molecule has 0 fully saturated rings. The van der Waals surface area contributed by atoms with E-state index in [1.54, 1.807) is 29.2 Å². The number of carbonyl (C=O) groups excluding carboxylic acids is 2. The summed E-state index contributed by atoms with van der Waals surface area (Å²) in [7, 11) is -3.66. The number of carbonyl (C=O) groups is 2. The molecule has 3 aromatic carbocycles. The van der Waals surface area contributed by atoms with Crippen LogP contribution in [0.15, 0.2) is 72.8 Å². The molecule has 0 radical (unpaired) electrons. The zero-order chi connectivity index (χ0) is 31.0. The summed E-state index contributed by atoms with van der Waals surface area (Å²) in [5.74, 6) is 0.704. The second-order valence-corrected chi connectivity index (χ2v) is 13.2. The van der Waals surface area contributed by atoms with Crippen LogP contribution in [-0.4, -0.2) is 57.3 Å². The van der Waals surface area contributed by atoms with E-state index in [0.29, 0.717) is 40.7 Å². The Kier molecular flexibility index (Phi) is 10.9. The number of rotatable bonds is 14. The molecule has 4 rings (SSSR count). The summed E-state index contributed by atoms with van der Waals surface area (Å²) in [5, 5.41) is 3.49. The molecule has 0 saturated heterocycles. The molecule has 1 aliphatic heterocycles. The van der Waals surface area contributed by atoms with E-state index in [1.165, 1.54) is 4.31 Å². The highest BCUT2D eigenvalue weighted by Gasteiger charge is 2.31. The van der Waals surface area contributed by atoms with E-state index in [9.17, 15) is 18.0 Å². The summed E-state index contributed by atoms with van der Waals surface area (Å²) in [6.07, 6.45) is 1.68. The lowest BCUT2D eigenvalue weighted by molar-refractivity contribution is -0.141. The predicted molar refractivity (Wildman–Crippen MR) is 168 cm³/mol. The second kappa shape index (κ2) is 14.6. The topological polar surface area (TPSA) is 105 Å². The van der Waals surface area contributed by atoms with Crippen molar-refractivity contribution in [2.45, 2.75) is 45.7 Å². The predicted octanol–water partition coefficient (Wildman–Crippen LogP) is 5.03. The number of nitrogens with one attached hydrogen (secondary N) is 1. The molecular formula is C32H38ClN3O6S. The summed E-state index contributed by atoms with van der Waals surface area (Å²) in [6.45, 7) is 4.75. The molecule has 0 aliphatic carbocycles. The standard InChI is InChI=1S/C32H38ClN3O6S/c1-23(2)20-34-32(38)28(18-24-10-5-4-6-11-24)35(21-25-12-7-8-13-27(25)33)31(37)14-9-17-36(43(3,39)40)26-15-16-29-30(19-26)42-22-41-29/h4-8,10-13,15-16,19,23,28H,9,14,17-18,20-22H2,1-3H3,(H,34,38). The molecular weight excluding hydrogens is 590 g/mol. The fraction of sp³-hybridized carbons (Fsp3) is 0.375. The van der Waals surface area contributed by atoms with Crippen LogP contribution in [0.25, 0.3) is 0 Å².